The molecule has 0 aromatic carbocycles. The van der Waals surface area contributed by atoms with Gasteiger partial charge in [0.25, 0.3) is 0 Å². The van der Waals surface area contributed by atoms with Crippen LogP contribution >= 0.6 is 0 Å². The fourth-order valence-corrected chi connectivity index (χ4v) is 2.76. The monoisotopic (exact) mass is 358 g/mol. The Kier molecular flexibility index (Phi) is 12.8. The molecule has 0 radical (unpaired) electrons. The van der Waals surface area contributed by atoms with Crippen molar-refractivity contribution in [1.82, 2.24) is 0 Å². The van der Waals surface area contributed by atoms with Gasteiger partial charge < -0.3 is 20.4 Å². The van der Waals surface area contributed by atoms with E-state index in [1.54, 1.807) is 13.0 Å². The summed E-state index contributed by atoms with van der Waals surface area (Å²) < 4.78 is 0. The Hall–Kier alpha value is -0.910. The Bertz CT molecular complexity index is 378. The average molecular weight is 359 g/mol. The van der Waals surface area contributed by atoms with Crippen LogP contribution in [0.25, 0.3) is 0 Å². The number of carbonyl (C=O) groups is 1. The van der Waals surface area contributed by atoms with Crippen molar-refractivity contribution in [1.29, 1.82) is 0 Å². The highest BCUT2D eigenvalue weighted by Gasteiger charge is 2.32. The van der Waals surface area contributed by atoms with E-state index in [-0.39, 0.29) is 5.92 Å². The second-order valence-electron chi connectivity index (χ2n) is 7.37. The summed E-state index contributed by atoms with van der Waals surface area (Å²) in [4.78, 5) is 10.7. The molecule has 4 atom stereocenters. The zero-order valence-electron chi connectivity index (χ0n) is 16.2. The second kappa shape index (κ2) is 13.3. The zero-order valence-corrected chi connectivity index (χ0v) is 16.2. The molecule has 0 rings (SSSR count). The van der Waals surface area contributed by atoms with Gasteiger partial charge in [-0.3, -0.25) is 4.79 Å². The topological polar surface area (TPSA) is 98.0 Å². The van der Waals surface area contributed by atoms with E-state index in [1.165, 1.54) is 6.92 Å². The summed E-state index contributed by atoms with van der Waals surface area (Å²) in [6, 6.07) is 0. The third kappa shape index (κ3) is 11.3. The number of rotatable bonds is 15. The Morgan fingerprint density at radius 2 is 1.64 bits per heavy atom. The SMILES string of the molecule is CCCCC/C=C\C(C)(O)C(O)C(O)CCCCCCC(C)C(=O)O. The number of aliphatic carboxylic acids is 1. The maximum absolute atomic E-state index is 10.7. The van der Waals surface area contributed by atoms with Crippen LogP contribution in [0.4, 0.5) is 0 Å². The van der Waals surface area contributed by atoms with Crippen molar-refractivity contribution in [3.05, 3.63) is 12.2 Å². The van der Waals surface area contributed by atoms with E-state index in [0.717, 1.165) is 51.4 Å². The maximum Gasteiger partial charge on any atom is 0.306 e. The molecule has 0 bridgehead atoms. The summed E-state index contributed by atoms with van der Waals surface area (Å²) in [6.07, 6.45) is 9.97. The van der Waals surface area contributed by atoms with E-state index < -0.39 is 23.8 Å². The van der Waals surface area contributed by atoms with E-state index in [1.807, 2.05) is 6.08 Å². The Morgan fingerprint density at radius 1 is 1.04 bits per heavy atom. The third-order valence-corrected chi connectivity index (χ3v) is 4.70. The number of aliphatic hydroxyl groups is 3. The molecule has 0 saturated heterocycles. The van der Waals surface area contributed by atoms with Crippen molar-refractivity contribution >= 4 is 5.97 Å². The predicted octanol–water partition coefficient (Wildman–Crippen LogP) is 3.66. The molecule has 0 aliphatic rings. The first-order chi connectivity index (χ1) is 11.7. The van der Waals surface area contributed by atoms with Gasteiger partial charge >= 0.3 is 5.97 Å². The summed E-state index contributed by atoms with van der Waals surface area (Å²) >= 11 is 0. The molecule has 0 amide bonds. The lowest BCUT2D eigenvalue weighted by Crippen LogP contribution is -2.45. The number of hydrogen-bond donors (Lipinski definition) is 4. The zero-order chi connectivity index (χ0) is 19.3. The molecule has 148 valence electrons. The molecule has 0 aromatic heterocycles. The minimum atomic E-state index is -1.43. The van der Waals surface area contributed by atoms with Crippen molar-refractivity contribution in [2.24, 2.45) is 5.92 Å². The predicted molar refractivity (Wildman–Crippen MR) is 100 cm³/mol. The van der Waals surface area contributed by atoms with Gasteiger partial charge in [0, 0.05) is 0 Å². The first kappa shape index (κ1) is 24.1. The number of aliphatic hydroxyl groups excluding tert-OH is 2. The lowest BCUT2D eigenvalue weighted by Gasteiger charge is -2.29. The minimum absolute atomic E-state index is 0.313. The van der Waals surface area contributed by atoms with Crippen molar-refractivity contribution in [3.63, 3.8) is 0 Å². The van der Waals surface area contributed by atoms with Crippen LogP contribution < -0.4 is 0 Å². The molecule has 0 fully saturated rings. The minimum Gasteiger partial charge on any atom is -0.481 e. The molecule has 0 aromatic rings. The number of carboxylic acids is 1. The first-order valence-corrected chi connectivity index (χ1v) is 9.71. The van der Waals surface area contributed by atoms with Gasteiger partial charge in [0.1, 0.15) is 11.7 Å². The molecule has 0 spiro atoms. The van der Waals surface area contributed by atoms with E-state index in [9.17, 15) is 20.1 Å². The number of hydrogen-bond acceptors (Lipinski definition) is 4. The highest BCUT2D eigenvalue weighted by atomic mass is 16.4. The molecule has 0 aliphatic carbocycles. The van der Waals surface area contributed by atoms with Gasteiger partial charge in [0.15, 0.2) is 0 Å². The van der Waals surface area contributed by atoms with Gasteiger partial charge in [0.05, 0.1) is 12.0 Å². The standard InChI is InChI=1S/C20H38O5/c1-4-5-6-9-12-15-20(3,25)18(22)17(21)14-11-8-7-10-13-16(2)19(23)24/h12,15-18,21-22,25H,4-11,13-14H2,1-3H3,(H,23,24)/b15-12-. The molecule has 4 N–H and O–H groups in total. The highest BCUT2D eigenvalue weighted by molar-refractivity contribution is 5.69. The Labute approximate surface area is 152 Å². The molecule has 0 saturated carbocycles. The lowest BCUT2D eigenvalue weighted by molar-refractivity contribution is -0.141. The fourth-order valence-electron chi connectivity index (χ4n) is 2.76. The molecular formula is C20H38O5. The molecule has 25 heavy (non-hydrogen) atoms. The van der Waals surface area contributed by atoms with Crippen LogP contribution in [-0.4, -0.2) is 44.2 Å². The van der Waals surface area contributed by atoms with Gasteiger partial charge in [-0.05, 0) is 32.6 Å². The molecular weight excluding hydrogens is 320 g/mol. The second-order valence-corrected chi connectivity index (χ2v) is 7.37. The number of carboxylic acid groups (broad SMARTS) is 1. The van der Waals surface area contributed by atoms with Crippen LogP contribution in [0.5, 0.6) is 0 Å². The average Bonchev–Trinajstić information content (AvgIpc) is 2.56. The first-order valence-electron chi connectivity index (χ1n) is 9.71. The third-order valence-electron chi connectivity index (χ3n) is 4.70. The summed E-state index contributed by atoms with van der Waals surface area (Å²) in [5.41, 5.74) is -1.43. The van der Waals surface area contributed by atoms with Crippen molar-refractivity contribution in [2.75, 3.05) is 0 Å². The highest BCUT2D eigenvalue weighted by Crippen LogP contribution is 2.20. The smallest absolute Gasteiger partial charge is 0.306 e. The number of unbranched alkanes of at least 4 members (excludes halogenated alkanes) is 6. The summed E-state index contributed by atoms with van der Waals surface area (Å²) in [5, 5.41) is 39.4. The Morgan fingerprint density at radius 3 is 2.20 bits per heavy atom. The summed E-state index contributed by atoms with van der Waals surface area (Å²) in [6.45, 7) is 5.36. The summed E-state index contributed by atoms with van der Waals surface area (Å²) in [5.74, 6) is -1.07. The molecule has 0 heterocycles. The van der Waals surface area contributed by atoms with Crippen LogP contribution in [0.2, 0.25) is 0 Å². The van der Waals surface area contributed by atoms with Gasteiger partial charge in [-0.15, -0.1) is 0 Å². The fraction of sp³-hybridized carbons (Fsp3) is 0.850. The van der Waals surface area contributed by atoms with Gasteiger partial charge in [-0.2, -0.15) is 0 Å². The van der Waals surface area contributed by atoms with E-state index in [0.29, 0.717) is 12.8 Å². The largest absolute Gasteiger partial charge is 0.481 e. The summed E-state index contributed by atoms with van der Waals surface area (Å²) in [7, 11) is 0. The van der Waals surface area contributed by atoms with Gasteiger partial charge in [0.2, 0.25) is 0 Å². The molecule has 4 unspecified atom stereocenters. The van der Waals surface area contributed by atoms with Crippen LogP contribution in [0.1, 0.15) is 85.0 Å². The van der Waals surface area contributed by atoms with Crippen LogP contribution in [0.15, 0.2) is 12.2 Å². The van der Waals surface area contributed by atoms with Gasteiger partial charge in [-0.1, -0.05) is 64.5 Å². The van der Waals surface area contributed by atoms with Crippen LogP contribution in [0, 0.1) is 5.92 Å². The quantitative estimate of drug-likeness (QED) is 0.264. The lowest BCUT2D eigenvalue weighted by atomic mass is 9.91. The van der Waals surface area contributed by atoms with Crippen molar-refractivity contribution < 1.29 is 25.2 Å². The van der Waals surface area contributed by atoms with E-state index in [4.69, 9.17) is 5.11 Å². The number of allylic oxidation sites excluding steroid dienone is 1. The van der Waals surface area contributed by atoms with Crippen molar-refractivity contribution in [3.8, 4) is 0 Å². The normalized spacial score (nSPS) is 18.0. The van der Waals surface area contributed by atoms with E-state index in [2.05, 4.69) is 6.92 Å². The molecule has 5 heteroatoms. The maximum atomic E-state index is 10.7. The molecule has 0 aliphatic heterocycles. The van der Waals surface area contributed by atoms with E-state index >= 15 is 0 Å². The van der Waals surface area contributed by atoms with Crippen molar-refractivity contribution in [2.45, 2.75) is 103 Å². The van der Waals surface area contributed by atoms with Crippen LogP contribution in [-0.2, 0) is 4.79 Å². The van der Waals surface area contributed by atoms with Gasteiger partial charge in [-0.25, -0.2) is 0 Å². The van der Waals surface area contributed by atoms with Crippen LogP contribution in [0.3, 0.4) is 0 Å². The molecule has 5 nitrogen and oxygen atoms in total. The Balaban J connectivity index is 3.99.